The number of hydrogen-bond donors (Lipinski definition) is 2. The van der Waals surface area contributed by atoms with E-state index in [1.54, 1.807) is 13.0 Å². The molecule has 1 aliphatic heterocycles. The van der Waals surface area contributed by atoms with E-state index >= 15 is 0 Å². The number of benzene rings is 1. The van der Waals surface area contributed by atoms with E-state index in [4.69, 9.17) is 9.47 Å². The molecule has 1 aromatic heterocycles. The third-order valence-corrected chi connectivity index (χ3v) is 4.64. The summed E-state index contributed by atoms with van der Waals surface area (Å²) in [6.07, 6.45) is 0. The first kappa shape index (κ1) is 13.7. The van der Waals surface area contributed by atoms with Gasteiger partial charge in [0.1, 0.15) is 13.2 Å². The first-order chi connectivity index (χ1) is 9.97. The highest BCUT2D eigenvalue weighted by Gasteiger charge is 2.21. The Bertz CT molecular complexity index is 783. The van der Waals surface area contributed by atoms with Crippen molar-refractivity contribution in [2.75, 3.05) is 17.9 Å². The van der Waals surface area contributed by atoms with E-state index in [-0.39, 0.29) is 4.90 Å². The molecule has 0 radical (unpaired) electrons. The van der Waals surface area contributed by atoms with Gasteiger partial charge in [0.15, 0.2) is 17.3 Å². The maximum Gasteiger partial charge on any atom is 0.263 e. The average Bonchev–Trinajstić information content (AvgIpc) is 2.78. The largest absolute Gasteiger partial charge is 0.486 e. The van der Waals surface area contributed by atoms with Crippen molar-refractivity contribution in [2.24, 2.45) is 0 Å². The van der Waals surface area contributed by atoms with E-state index in [1.807, 2.05) is 6.92 Å². The summed E-state index contributed by atoms with van der Waals surface area (Å²) in [5.74, 6) is 1.27. The van der Waals surface area contributed by atoms with E-state index < -0.39 is 10.0 Å². The highest BCUT2D eigenvalue weighted by Crippen LogP contribution is 2.32. The highest BCUT2D eigenvalue weighted by atomic mass is 32.2. The number of aromatic nitrogens is 2. The van der Waals surface area contributed by atoms with Gasteiger partial charge in [-0.05, 0) is 26.0 Å². The number of hydrogen-bond acceptors (Lipinski definition) is 5. The standard InChI is InChI=1S/C13H15N3O4S/c1-8-9(2)14-15-13(8)16-21(17,18)10-3-4-11-12(7-10)20-6-5-19-11/h3-4,7H,5-6H2,1-2H3,(H2,14,15,16). The number of nitrogens with one attached hydrogen (secondary N) is 2. The molecular formula is C13H15N3O4S. The number of aryl methyl sites for hydroxylation is 1. The second-order valence-electron chi connectivity index (χ2n) is 4.73. The van der Waals surface area contributed by atoms with Crippen LogP contribution < -0.4 is 14.2 Å². The minimum atomic E-state index is -3.72. The Morgan fingerprint density at radius 1 is 1.19 bits per heavy atom. The summed E-state index contributed by atoms with van der Waals surface area (Å²) in [5.41, 5.74) is 1.57. The predicted octanol–water partition coefficient (Wildman–Crippen LogP) is 1.60. The average molecular weight is 309 g/mol. The molecule has 0 fully saturated rings. The van der Waals surface area contributed by atoms with E-state index in [9.17, 15) is 8.42 Å². The molecule has 112 valence electrons. The molecule has 0 spiro atoms. The molecule has 3 rings (SSSR count). The van der Waals surface area contributed by atoms with Gasteiger partial charge in [0.25, 0.3) is 10.0 Å². The molecule has 0 unspecified atom stereocenters. The molecule has 1 aliphatic rings. The maximum atomic E-state index is 12.4. The molecule has 0 bridgehead atoms. The fraction of sp³-hybridized carbons (Fsp3) is 0.308. The van der Waals surface area contributed by atoms with Crippen LogP contribution >= 0.6 is 0 Å². The molecule has 2 heterocycles. The van der Waals surface area contributed by atoms with Crippen molar-refractivity contribution in [3.05, 3.63) is 29.5 Å². The lowest BCUT2D eigenvalue weighted by Crippen LogP contribution is -2.17. The SMILES string of the molecule is Cc1[nH]nc(NS(=O)(=O)c2ccc3c(c2)OCCO3)c1C. The Hall–Kier alpha value is -2.22. The van der Waals surface area contributed by atoms with Crippen LogP contribution in [-0.4, -0.2) is 31.8 Å². The van der Waals surface area contributed by atoms with Crippen LogP contribution in [0, 0.1) is 13.8 Å². The number of aromatic amines is 1. The van der Waals surface area contributed by atoms with Gasteiger partial charge >= 0.3 is 0 Å². The van der Waals surface area contributed by atoms with Crippen molar-refractivity contribution in [1.82, 2.24) is 10.2 Å². The molecule has 0 aliphatic carbocycles. The number of ether oxygens (including phenoxy) is 2. The Balaban J connectivity index is 1.93. The summed E-state index contributed by atoms with van der Waals surface area (Å²) in [6.45, 7) is 4.48. The smallest absolute Gasteiger partial charge is 0.263 e. The van der Waals surface area contributed by atoms with E-state index in [1.165, 1.54) is 12.1 Å². The summed E-state index contributed by atoms with van der Waals surface area (Å²) in [5, 5.41) is 6.68. The second kappa shape index (κ2) is 4.96. The van der Waals surface area contributed by atoms with Crippen molar-refractivity contribution in [1.29, 1.82) is 0 Å². The van der Waals surface area contributed by atoms with Gasteiger partial charge in [-0.2, -0.15) is 5.10 Å². The molecule has 0 saturated heterocycles. The minimum Gasteiger partial charge on any atom is -0.486 e. The van der Waals surface area contributed by atoms with Gasteiger partial charge in [-0.3, -0.25) is 9.82 Å². The monoisotopic (exact) mass is 309 g/mol. The lowest BCUT2D eigenvalue weighted by molar-refractivity contribution is 0.171. The maximum absolute atomic E-state index is 12.4. The normalized spacial score (nSPS) is 14.0. The number of fused-ring (bicyclic) bond motifs is 1. The zero-order chi connectivity index (χ0) is 15.0. The fourth-order valence-electron chi connectivity index (χ4n) is 1.96. The number of sulfonamides is 1. The van der Waals surface area contributed by atoms with E-state index in [0.717, 1.165) is 11.3 Å². The Morgan fingerprint density at radius 2 is 1.90 bits per heavy atom. The number of nitrogens with zero attached hydrogens (tertiary/aromatic N) is 1. The van der Waals surface area contributed by atoms with Crippen LogP contribution in [0.25, 0.3) is 0 Å². The zero-order valence-corrected chi connectivity index (χ0v) is 12.5. The molecular weight excluding hydrogens is 294 g/mol. The van der Waals surface area contributed by atoms with Gasteiger partial charge in [0.2, 0.25) is 0 Å². The van der Waals surface area contributed by atoms with Crippen LogP contribution in [0.3, 0.4) is 0 Å². The lowest BCUT2D eigenvalue weighted by atomic mass is 10.3. The van der Waals surface area contributed by atoms with Crippen LogP contribution in [-0.2, 0) is 10.0 Å². The minimum absolute atomic E-state index is 0.104. The summed E-state index contributed by atoms with van der Waals surface area (Å²) in [6, 6.07) is 4.52. The fourth-order valence-corrected chi connectivity index (χ4v) is 3.04. The Morgan fingerprint density at radius 3 is 2.57 bits per heavy atom. The highest BCUT2D eigenvalue weighted by molar-refractivity contribution is 7.92. The molecule has 2 N–H and O–H groups in total. The first-order valence-electron chi connectivity index (χ1n) is 6.41. The van der Waals surface area contributed by atoms with Crippen LogP contribution in [0.4, 0.5) is 5.82 Å². The van der Waals surface area contributed by atoms with Crippen molar-refractivity contribution in [3.8, 4) is 11.5 Å². The first-order valence-corrected chi connectivity index (χ1v) is 7.90. The molecule has 8 heteroatoms. The van der Waals surface area contributed by atoms with Gasteiger partial charge in [-0.1, -0.05) is 0 Å². The zero-order valence-electron chi connectivity index (χ0n) is 11.6. The quantitative estimate of drug-likeness (QED) is 0.898. The molecule has 2 aromatic rings. The number of H-pyrrole nitrogens is 1. The Labute approximate surface area is 122 Å². The van der Waals surface area contributed by atoms with Crippen molar-refractivity contribution in [3.63, 3.8) is 0 Å². The third-order valence-electron chi connectivity index (χ3n) is 3.31. The summed E-state index contributed by atoms with van der Waals surface area (Å²) >= 11 is 0. The van der Waals surface area contributed by atoms with Gasteiger partial charge in [-0.25, -0.2) is 8.42 Å². The van der Waals surface area contributed by atoms with Gasteiger partial charge < -0.3 is 9.47 Å². The second-order valence-corrected chi connectivity index (χ2v) is 6.42. The van der Waals surface area contributed by atoms with E-state index in [2.05, 4.69) is 14.9 Å². The molecule has 1 aromatic carbocycles. The molecule has 0 amide bonds. The van der Waals surface area contributed by atoms with Crippen molar-refractivity contribution < 1.29 is 17.9 Å². The Kier molecular flexibility index (Phi) is 3.25. The third kappa shape index (κ3) is 2.54. The van der Waals surface area contributed by atoms with Gasteiger partial charge in [0, 0.05) is 17.3 Å². The van der Waals surface area contributed by atoms with Crippen LogP contribution in [0.1, 0.15) is 11.3 Å². The number of anilines is 1. The lowest BCUT2D eigenvalue weighted by Gasteiger charge is -2.18. The molecule has 21 heavy (non-hydrogen) atoms. The van der Waals surface area contributed by atoms with Crippen LogP contribution in [0.2, 0.25) is 0 Å². The van der Waals surface area contributed by atoms with Gasteiger partial charge in [0.05, 0.1) is 4.90 Å². The summed E-state index contributed by atoms with van der Waals surface area (Å²) in [7, 11) is -3.72. The number of rotatable bonds is 3. The van der Waals surface area contributed by atoms with Crippen molar-refractivity contribution >= 4 is 15.8 Å². The summed E-state index contributed by atoms with van der Waals surface area (Å²) < 4.78 is 38.0. The van der Waals surface area contributed by atoms with Crippen molar-refractivity contribution in [2.45, 2.75) is 18.7 Å². The summed E-state index contributed by atoms with van der Waals surface area (Å²) in [4.78, 5) is 0.104. The molecule has 7 nitrogen and oxygen atoms in total. The predicted molar refractivity (Wildman–Crippen MR) is 76.3 cm³/mol. The topological polar surface area (TPSA) is 93.3 Å². The molecule has 0 atom stereocenters. The van der Waals surface area contributed by atoms with E-state index in [0.29, 0.717) is 30.5 Å². The van der Waals surface area contributed by atoms with Gasteiger partial charge in [-0.15, -0.1) is 0 Å². The van der Waals surface area contributed by atoms with Crippen LogP contribution in [0.15, 0.2) is 23.1 Å². The van der Waals surface area contributed by atoms with Crippen LogP contribution in [0.5, 0.6) is 11.5 Å². The molecule has 0 saturated carbocycles.